The van der Waals surface area contributed by atoms with Gasteiger partial charge >= 0.3 is 0 Å². The molecule has 0 amide bonds. The Morgan fingerprint density at radius 1 is 1.43 bits per heavy atom. The average molecular weight is 214 g/mol. The van der Waals surface area contributed by atoms with Gasteiger partial charge in [0.2, 0.25) is 0 Å². The van der Waals surface area contributed by atoms with Crippen LogP contribution in [0.4, 0.5) is 5.82 Å². The molecular weight excluding hydrogens is 198 g/mol. The Morgan fingerprint density at radius 3 is 2.36 bits per heavy atom. The summed E-state index contributed by atoms with van der Waals surface area (Å²) in [4.78, 5) is 7.87. The molecule has 0 aliphatic rings. The maximum Gasteiger partial charge on any atom is 0.142 e. The number of hydrogen-bond donors (Lipinski definition) is 1. The summed E-state index contributed by atoms with van der Waals surface area (Å²) in [6.07, 6.45) is 1.42. The molecule has 1 N–H and O–H groups in total. The fraction of sp³-hybridized carbons (Fsp3) is 0.400. The lowest BCUT2D eigenvalue weighted by Gasteiger charge is -2.07. The van der Waals surface area contributed by atoms with E-state index in [0.717, 1.165) is 11.1 Å². The molecule has 4 heteroatoms. The maximum atomic E-state index is 5.85. The molecule has 3 nitrogen and oxygen atoms in total. The van der Waals surface area contributed by atoms with E-state index >= 15 is 0 Å². The Labute approximate surface area is 90.2 Å². The van der Waals surface area contributed by atoms with Gasteiger partial charge in [-0.3, -0.25) is 0 Å². The molecule has 0 aromatic carbocycles. The zero-order valence-corrected chi connectivity index (χ0v) is 9.81. The van der Waals surface area contributed by atoms with Gasteiger partial charge in [0.1, 0.15) is 17.3 Å². The van der Waals surface area contributed by atoms with Crippen molar-refractivity contribution in [3.63, 3.8) is 0 Å². The molecule has 1 rings (SSSR count). The van der Waals surface area contributed by atoms with Gasteiger partial charge in [-0.2, -0.15) is 0 Å². The van der Waals surface area contributed by atoms with Crippen LogP contribution in [-0.4, -0.2) is 17.0 Å². The highest BCUT2D eigenvalue weighted by Gasteiger charge is 2.08. The average Bonchev–Trinajstić information content (AvgIpc) is 2.19. The van der Waals surface area contributed by atoms with Crippen LogP contribution < -0.4 is 5.32 Å². The van der Waals surface area contributed by atoms with Crippen LogP contribution in [0, 0.1) is 0 Å². The predicted octanol–water partition coefficient (Wildman–Crippen LogP) is 3.23. The van der Waals surface area contributed by atoms with E-state index in [0.29, 0.717) is 11.0 Å². The first-order chi connectivity index (χ1) is 6.66. The number of anilines is 1. The smallest absolute Gasteiger partial charge is 0.142 e. The Balaban J connectivity index is 0.000000791. The molecule has 0 bridgehead atoms. The summed E-state index contributed by atoms with van der Waals surface area (Å²) in [5.74, 6) is 0.711. The fourth-order valence-electron chi connectivity index (χ4n) is 0.932. The maximum absolute atomic E-state index is 5.85. The van der Waals surface area contributed by atoms with Gasteiger partial charge in [-0.25, -0.2) is 9.97 Å². The molecular formula is C10H16ClN3. The van der Waals surface area contributed by atoms with Crippen LogP contribution in [0.25, 0.3) is 5.57 Å². The Hall–Kier alpha value is -1.09. The third-order valence-electron chi connectivity index (χ3n) is 1.46. The number of hydrogen-bond acceptors (Lipinski definition) is 3. The summed E-state index contributed by atoms with van der Waals surface area (Å²) in [6.45, 7) is 9.66. The van der Waals surface area contributed by atoms with Crippen molar-refractivity contribution in [2.75, 3.05) is 12.4 Å². The Kier molecular flexibility index (Phi) is 5.88. The first-order valence-electron chi connectivity index (χ1n) is 4.51. The van der Waals surface area contributed by atoms with Crippen LogP contribution in [0.1, 0.15) is 26.3 Å². The van der Waals surface area contributed by atoms with Crippen LogP contribution in [0.5, 0.6) is 0 Å². The lowest BCUT2D eigenvalue weighted by molar-refractivity contribution is 1.14. The van der Waals surface area contributed by atoms with E-state index in [-0.39, 0.29) is 0 Å². The number of rotatable bonds is 2. The second-order valence-corrected chi connectivity index (χ2v) is 2.78. The zero-order chi connectivity index (χ0) is 11.1. The molecule has 78 valence electrons. The van der Waals surface area contributed by atoms with Gasteiger partial charge in [-0.05, 0) is 12.5 Å². The van der Waals surface area contributed by atoms with Crippen molar-refractivity contribution in [3.05, 3.63) is 23.6 Å². The monoisotopic (exact) mass is 213 g/mol. The molecule has 0 radical (unpaired) electrons. The van der Waals surface area contributed by atoms with Crippen LogP contribution in [0.3, 0.4) is 0 Å². The van der Waals surface area contributed by atoms with Crippen molar-refractivity contribution in [3.8, 4) is 0 Å². The normalized spacial score (nSPS) is 8.64. The van der Waals surface area contributed by atoms with Crippen molar-refractivity contribution >= 4 is 23.0 Å². The molecule has 0 aliphatic heterocycles. The topological polar surface area (TPSA) is 37.8 Å². The second kappa shape index (κ2) is 6.38. The van der Waals surface area contributed by atoms with E-state index in [1.165, 1.54) is 6.33 Å². The molecule has 0 spiro atoms. The minimum atomic E-state index is 0.432. The number of nitrogens with zero attached hydrogens (tertiary/aromatic N) is 2. The number of allylic oxidation sites excluding steroid dienone is 1. The highest BCUT2D eigenvalue weighted by Crippen LogP contribution is 2.25. The summed E-state index contributed by atoms with van der Waals surface area (Å²) >= 11 is 5.85. The second-order valence-electron chi connectivity index (χ2n) is 2.42. The van der Waals surface area contributed by atoms with E-state index in [4.69, 9.17) is 11.6 Å². The molecule has 14 heavy (non-hydrogen) atoms. The van der Waals surface area contributed by atoms with Crippen LogP contribution >= 0.6 is 11.6 Å². The van der Waals surface area contributed by atoms with Gasteiger partial charge < -0.3 is 5.32 Å². The number of halogens is 1. The minimum absolute atomic E-state index is 0.432. The largest absolute Gasteiger partial charge is 0.372 e. The first kappa shape index (κ1) is 12.9. The lowest BCUT2D eigenvalue weighted by atomic mass is 10.2. The van der Waals surface area contributed by atoms with Gasteiger partial charge in [0.05, 0.1) is 5.56 Å². The highest BCUT2D eigenvalue weighted by atomic mass is 35.5. The van der Waals surface area contributed by atoms with Gasteiger partial charge in [0.15, 0.2) is 0 Å². The fourth-order valence-corrected chi connectivity index (χ4v) is 1.23. The Morgan fingerprint density at radius 2 is 2.00 bits per heavy atom. The van der Waals surface area contributed by atoms with Crippen LogP contribution in [0.15, 0.2) is 12.9 Å². The summed E-state index contributed by atoms with van der Waals surface area (Å²) in [5.41, 5.74) is 1.63. The summed E-state index contributed by atoms with van der Waals surface area (Å²) in [6, 6.07) is 0. The minimum Gasteiger partial charge on any atom is -0.372 e. The molecule has 0 aliphatic carbocycles. The van der Waals surface area contributed by atoms with Gasteiger partial charge in [0.25, 0.3) is 0 Å². The summed E-state index contributed by atoms with van der Waals surface area (Å²) < 4.78 is 0. The van der Waals surface area contributed by atoms with Crippen molar-refractivity contribution in [1.82, 2.24) is 9.97 Å². The molecule has 0 unspecified atom stereocenters. The van der Waals surface area contributed by atoms with E-state index in [1.807, 2.05) is 20.8 Å². The first-order valence-corrected chi connectivity index (χ1v) is 4.88. The van der Waals surface area contributed by atoms with Crippen LogP contribution in [0.2, 0.25) is 5.15 Å². The van der Waals surface area contributed by atoms with Gasteiger partial charge in [-0.1, -0.05) is 32.0 Å². The molecule has 0 saturated heterocycles. The molecule has 1 aromatic heterocycles. The molecule has 1 aromatic rings. The van der Waals surface area contributed by atoms with Crippen molar-refractivity contribution < 1.29 is 0 Å². The van der Waals surface area contributed by atoms with E-state index < -0.39 is 0 Å². The number of aromatic nitrogens is 2. The number of nitrogens with one attached hydrogen (secondary N) is 1. The molecule has 1 heterocycles. The Bertz CT molecular complexity index is 310. The summed E-state index contributed by atoms with van der Waals surface area (Å²) in [5, 5.41) is 3.35. The van der Waals surface area contributed by atoms with Crippen LogP contribution in [-0.2, 0) is 0 Å². The summed E-state index contributed by atoms with van der Waals surface area (Å²) in [7, 11) is 1.78. The molecule has 0 fully saturated rings. The van der Waals surface area contributed by atoms with E-state index in [9.17, 15) is 0 Å². The van der Waals surface area contributed by atoms with E-state index in [2.05, 4.69) is 21.9 Å². The van der Waals surface area contributed by atoms with Gasteiger partial charge in [-0.15, -0.1) is 0 Å². The third-order valence-corrected chi connectivity index (χ3v) is 1.75. The predicted molar refractivity (Wildman–Crippen MR) is 62.6 cm³/mol. The van der Waals surface area contributed by atoms with E-state index in [1.54, 1.807) is 7.05 Å². The standard InChI is InChI=1S/C8H10ClN3.C2H6/c1-5(2)6-7(9)11-4-12-8(6)10-3;1-2/h4H,1H2,2-3H3,(H,10,11,12);1-2H3. The van der Waals surface area contributed by atoms with Crippen molar-refractivity contribution in [2.24, 2.45) is 0 Å². The molecule has 0 saturated carbocycles. The lowest BCUT2D eigenvalue weighted by Crippen LogP contribution is -1.98. The van der Waals surface area contributed by atoms with Gasteiger partial charge in [0, 0.05) is 7.05 Å². The highest BCUT2D eigenvalue weighted by molar-refractivity contribution is 6.31. The van der Waals surface area contributed by atoms with Crippen molar-refractivity contribution in [1.29, 1.82) is 0 Å². The van der Waals surface area contributed by atoms with Crippen molar-refractivity contribution in [2.45, 2.75) is 20.8 Å². The molecule has 0 atom stereocenters. The third kappa shape index (κ3) is 3.00. The zero-order valence-electron chi connectivity index (χ0n) is 9.06. The SMILES string of the molecule is C=C(C)c1c(Cl)ncnc1NC.CC. The quantitative estimate of drug-likeness (QED) is 0.767.